The number of nitrogens with zero attached hydrogens (tertiary/aromatic N) is 2. The molecule has 4 heteroatoms. The fourth-order valence-electron chi connectivity index (χ4n) is 1.96. The third kappa shape index (κ3) is 2.13. The number of rotatable bonds is 1. The van der Waals surface area contributed by atoms with Crippen molar-refractivity contribution in [3.05, 3.63) is 53.1 Å². The maximum Gasteiger partial charge on any atom is 0.162 e. The molecule has 1 heterocycles. The lowest BCUT2D eigenvalue weighted by Crippen LogP contribution is -1.97. The molecule has 0 saturated heterocycles. The summed E-state index contributed by atoms with van der Waals surface area (Å²) in [6, 6.07) is 13.5. The number of benzene rings is 2. The Morgan fingerprint density at radius 1 is 1.05 bits per heavy atom. The molecule has 3 rings (SSSR count). The Morgan fingerprint density at radius 2 is 1.84 bits per heavy atom. The van der Waals surface area contributed by atoms with E-state index in [0.29, 0.717) is 16.7 Å². The summed E-state index contributed by atoms with van der Waals surface area (Å²) in [5, 5.41) is 1.57. The number of fused-ring (bicyclic) bond motifs is 1. The van der Waals surface area contributed by atoms with Crippen molar-refractivity contribution in [3.63, 3.8) is 0 Å². The molecule has 0 radical (unpaired) electrons. The predicted molar refractivity (Wildman–Crippen MR) is 79.1 cm³/mol. The highest BCUT2D eigenvalue weighted by Gasteiger charge is 2.08. The number of anilines is 1. The molecule has 0 atom stereocenters. The van der Waals surface area contributed by atoms with Gasteiger partial charge < -0.3 is 5.73 Å². The summed E-state index contributed by atoms with van der Waals surface area (Å²) in [4.78, 5) is 8.88. The Kier molecular flexibility index (Phi) is 2.84. The van der Waals surface area contributed by atoms with Gasteiger partial charge in [0.25, 0.3) is 0 Å². The van der Waals surface area contributed by atoms with Gasteiger partial charge in [0.2, 0.25) is 0 Å². The summed E-state index contributed by atoms with van der Waals surface area (Å²) < 4.78 is 0. The normalized spacial score (nSPS) is 10.8. The van der Waals surface area contributed by atoms with Gasteiger partial charge in [-0.25, -0.2) is 9.97 Å². The molecule has 0 aliphatic carbocycles. The van der Waals surface area contributed by atoms with Gasteiger partial charge in [0.05, 0.1) is 5.52 Å². The molecule has 2 aromatic carbocycles. The summed E-state index contributed by atoms with van der Waals surface area (Å²) in [5.74, 6) is 1.08. The zero-order chi connectivity index (χ0) is 13.4. The topological polar surface area (TPSA) is 51.8 Å². The molecule has 0 fully saturated rings. The van der Waals surface area contributed by atoms with Crippen LogP contribution in [0, 0.1) is 6.92 Å². The fraction of sp³-hybridized carbons (Fsp3) is 0.0667. The second-order valence-corrected chi connectivity index (χ2v) is 4.82. The maximum absolute atomic E-state index is 6.13. The molecule has 94 valence electrons. The van der Waals surface area contributed by atoms with Crippen LogP contribution in [-0.2, 0) is 0 Å². The number of nitrogen functional groups attached to an aromatic ring is 1. The molecular weight excluding hydrogens is 258 g/mol. The first-order chi connectivity index (χ1) is 9.15. The number of hydrogen-bond donors (Lipinski definition) is 1. The average molecular weight is 270 g/mol. The summed E-state index contributed by atoms with van der Waals surface area (Å²) in [7, 11) is 0. The van der Waals surface area contributed by atoms with Crippen LogP contribution < -0.4 is 5.73 Å². The highest BCUT2D eigenvalue weighted by Crippen LogP contribution is 2.26. The summed E-state index contributed by atoms with van der Waals surface area (Å²) in [5.41, 5.74) is 8.71. The van der Waals surface area contributed by atoms with Crippen LogP contribution in [0.3, 0.4) is 0 Å². The van der Waals surface area contributed by atoms with Crippen molar-refractivity contribution >= 4 is 28.3 Å². The highest BCUT2D eigenvalue weighted by molar-refractivity contribution is 6.31. The average Bonchev–Trinajstić information content (AvgIpc) is 2.42. The van der Waals surface area contributed by atoms with Crippen molar-refractivity contribution in [1.29, 1.82) is 0 Å². The number of aryl methyl sites for hydroxylation is 1. The molecule has 0 aliphatic rings. The van der Waals surface area contributed by atoms with E-state index in [0.717, 1.165) is 22.0 Å². The Hall–Kier alpha value is -2.13. The second-order valence-electron chi connectivity index (χ2n) is 4.41. The summed E-state index contributed by atoms with van der Waals surface area (Å²) in [6.07, 6.45) is 0. The summed E-state index contributed by atoms with van der Waals surface area (Å²) in [6.45, 7) is 1.96. The molecule has 19 heavy (non-hydrogen) atoms. The first-order valence-electron chi connectivity index (χ1n) is 5.94. The van der Waals surface area contributed by atoms with Gasteiger partial charge in [0.15, 0.2) is 5.82 Å². The van der Waals surface area contributed by atoms with Crippen LogP contribution in [0.15, 0.2) is 42.5 Å². The zero-order valence-electron chi connectivity index (χ0n) is 10.4. The number of hydrogen-bond acceptors (Lipinski definition) is 3. The van der Waals surface area contributed by atoms with E-state index in [1.807, 2.05) is 49.4 Å². The predicted octanol–water partition coefficient (Wildman–Crippen LogP) is 3.84. The first kappa shape index (κ1) is 11.9. The van der Waals surface area contributed by atoms with Gasteiger partial charge >= 0.3 is 0 Å². The largest absolute Gasteiger partial charge is 0.383 e. The smallest absolute Gasteiger partial charge is 0.162 e. The van der Waals surface area contributed by atoms with Crippen molar-refractivity contribution in [3.8, 4) is 11.4 Å². The molecule has 1 aromatic heterocycles. The third-order valence-electron chi connectivity index (χ3n) is 3.06. The minimum atomic E-state index is 0.484. The molecule has 0 aliphatic heterocycles. The molecule has 0 amide bonds. The number of nitrogens with two attached hydrogens (primary N) is 1. The van der Waals surface area contributed by atoms with Gasteiger partial charge in [-0.15, -0.1) is 0 Å². The van der Waals surface area contributed by atoms with Crippen LogP contribution in [0.25, 0.3) is 22.3 Å². The Labute approximate surface area is 116 Å². The molecule has 0 unspecified atom stereocenters. The number of para-hydroxylation sites is 1. The van der Waals surface area contributed by atoms with Gasteiger partial charge in [-0.2, -0.15) is 0 Å². The van der Waals surface area contributed by atoms with E-state index in [-0.39, 0.29) is 0 Å². The monoisotopic (exact) mass is 269 g/mol. The van der Waals surface area contributed by atoms with Crippen molar-refractivity contribution in [2.24, 2.45) is 0 Å². The van der Waals surface area contributed by atoms with Crippen LogP contribution in [0.1, 0.15) is 5.56 Å². The van der Waals surface area contributed by atoms with Crippen molar-refractivity contribution in [2.75, 3.05) is 5.73 Å². The van der Waals surface area contributed by atoms with Gasteiger partial charge in [0.1, 0.15) is 5.82 Å². The van der Waals surface area contributed by atoms with Crippen molar-refractivity contribution < 1.29 is 0 Å². The summed E-state index contributed by atoms with van der Waals surface area (Å²) >= 11 is 6.13. The van der Waals surface area contributed by atoms with E-state index in [1.165, 1.54) is 0 Å². The molecule has 3 nitrogen and oxygen atoms in total. The van der Waals surface area contributed by atoms with E-state index >= 15 is 0 Å². The third-order valence-corrected chi connectivity index (χ3v) is 3.47. The lowest BCUT2D eigenvalue weighted by atomic mass is 10.1. The van der Waals surface area contributed by atoms with Crippen LogP contribution >= 0.6 is 11.6 Å². The van der Waals surface area contributed by atoms with Crippen LogP contribution in [0.5, 0.6) is 0 Å². The van der Waals surface area contributed by atoms with E-state index in [2.05, 4.69) is 9.97 Å². The minimum Gasteiger partial charge on any atom is -0.383 e. The van der Waals surface area contributed by atoms with E-state index < -0.39 is 0 Å². The van der Waals surface area contributed by atoms with Crippen LogP contribution in [0.4, 0.5) is 5.82 Å². The lowest BCUT2D eigenvalue weighted by Gasteiger charge is -2.06. The molecule has 3 aromatic rings. The SMILES string of the molecule is Cc1ccc(-c2nc(N)c3ccccc3n2)cc1Cl. The van der Waals surface area contributed by atoms with Gasteiger partial charge in [-0.1, -0.05) is 35.9 Å². The zero-order valence-corrected chi connectivity index (χ0v) is 11.1. The van der Waals surface area contributed by atoms with Gasteiger partial charge in [0, 0.05) is 16.0 Å². The minimum absolute atomic E-state index is 0.484. The number of aromatic nitrogens is 2. The molecular formula is C15H12ClN3. The van der Waals surface area contributed by atoms with Crippen LogP contribution in [0.2, 0.25) is 5.02 Å². The van der Waals surface area contributed by atoms with E-state index in [1.54, 1.807) is 0 Å². The van der Waals surface area contributed by atoms with Crippen molar-refractivity contribution in [2.45, 2.75) is 6.92 Å². The van der Waals surface area contributed by atoms with E-state index in [4.69, 9.17) is 17.3 Å². The molecule has 0 saturated carbocycles. The fourth-order valence-corrected chi connectivity index (χ4v) is 2.14. The maximum atomic E-state index is 6.13. The Morgan fingerprint density at radius 3 is 2.63 bits per heavy atom. The molecule has 0 bridgehead atoms. The van der Waals surface area contributed by atoms with Gasteiger partial charge in [-0.3, -0.25) is 0 Å². The van der Waals surface area contributed by atoms with Crippen LogP contribution in [-0.4, -0.2) is 9.97 Å². The molecule has 2 N–H and O–H groups in total. The highest BCUT2D eigenvalue weighted by atomic mass is 35.5. The van der Waals surface area contributed by atoms with Gasteiger partial charge in [-0.05, 0) is 30.7 Å². The quantitative estimate of drug-likeness (QED) is 0.730. The lowest BCUT2D eigenvalue weighted by molar-refractivity contribution is 1.23. The standard InChI is InChI=1S/C15H12ClN3/c1-9-6-7-10(8-12(9)16)15-18-13-5-3-2-4-11(13)14(17)19-15/h2-8H,1H3,(H2,17,18,19). The first-order valence-corrected chi connectivity index (χ1v) is 6.32. The second kappa shape index (κ2) is 4.52. The van der Waals surface area contributed by atoms with Crippen molar-refractivity contribution in [1.82, 2.24) is 9.97 Å². The Balaban J connectivity index is 2.22. The Bertz CT molecular complexity index is 768. The van der Waals surface area contributed by atoms with E-state index in [9.17, 15) is 0 Å². The molecule has 0 spiro atoms. The number of halogens is 1.